The number of amides is 2. The lowest BCUT2D eigenvalue weighted by Gasteiger charge is -2.36. The third-order valence-corrected chi connectivity index (χ3v) is 2.39. The van der Waals surface area contributed by atoms with Gasteiger partial charge in [0.15, 0.2) is 0 Å². The van der Waals surface area contributed by atoms with Crippen molar-refractivity contribution in [2.24, 2.45) is 5.41 Å². The summed E-state index contributed by atoms with van der Waals surface area (Å²) in [5.41, 5.74) is 0.289. The van der Waals surface area contributed by atoms with Gasteiger partial charge >= 0.3 is 6.03 Å². The van der Waals surface area contributed by atoms with Gasteiger partial charge in [0.1, 0.15) is 0 Å². The average molecular weight is 170 g/mol. The smallest absolute Gasteiger partial charge is 0.389 e. The first-order valence-electron chi connectivity index (χ1n) is 4.46. The van der Waals surface area contributed by atoms with Gasteiger partial charge in [0.2, 0.25) is 0 Å². The van der Waals surface area contributed by atoms with Gasteiger partial charge in [0, 0.05) is 13.1 Å². The Morgan fingerprint density at radius 1 is 1.58 bits per heavy atom. The van der Waals surface area contributed by atoms with Crippen LogP contribution in [0.25, 0.3) is 0 Å². The Bertz CT molecular complexity index is 177. The van der Waals surface area contributed by atoms with Crippen LogP contribution in [-0.2, 0) is 0 Å². The average Bonchev–Trinajstić information content (AvgIpc) is 2.01. The van der Waals surface area contributed by atoms with E-state index in [-0.39, 0.29) is 11.4 Å². The number of carbonyl (C=O) groups is 1. The third-order valence-electron chi connectivity index (χ3n) is 2.39. The largest absolute Gasteiger partial charge is 0.395 e. The zero-order valence-corrected chi connectivity index (χ0v) is 7.97. The molecule has 0 aromatic rings. The summed E-state index contributed by atoms with van der Waals surface area (Å²) in [5, 5.41) is 1.40. The van der Waals surface area contributed by atoms with Crippen molar-refractivity contribution in [1.29, 1.82) is 0 Å². The number of hydrogen-bond acceptors (Lipinski definition) is 1. The van der Waals surface area contributed by atoms with Gasteiger partial charge in [-0.25, -0.2) is 4.79 Å². The lowest BCUT2D eigenvalue weighted by molar-refractivity contribution is -0.498. The highest BCUT2D eigenvalue weighted by Crippen LogP contribution is 2.27. The van der Waals surface area contributed by atoms with Gasteiger partial charge in [-0.15, -0.1) is 7.05 Å². The van der Waals surface area contributed by atoms with Crippen LogP contribution < -0.4 is 5.32 Å². The molecule has 1 saturated heterocycles. The number of nitrogens with zero attached hydrogens (tertiary/aromatic N) is 1. The van der Waals surface area contributed by atoms with Crippen LogP contribution in [0.3, 0.4) is 0 Å². The van der Waals surface area contributed by atoms with Crippen LogP contribution in [0.15, 0.2) is 0 Å². The summed E-state index contributed by atoms with van der Waals surface area (Å²) in [6, 6.07) is 0.0720. The number of hydrogen-bond donors (Lipinski definition) is 1. The van der Waals surface area contributed by atoms with Crippen molar-refractivity contribution in [3.8, 4) is 0 Å². The van der Waals surface area contributed by atoms with E-state index in [9.17, 15) is 4.79 Å². The quantitative estimate of drug-likeness (QED) is 0.531. The van der Waals surface area contributed by atoms with Crippen LogP contribution in [0.1, 0.15) is 26.7 Å². The molecule has 0 radical (unpaired) electrons. The maximum absolute atomic E-state index is 11.3. The first-order valence-corrected chi connectivity index (χ1v) is 4.46. The molecule has 0 aromatic carbocycles. The van der Waals surface area contributed by atoms with Crippen LogP contribution in [-0.4, -0.2) is 24.0 Å². The maximum Gasteiger partial charge on any atom is 0.389 e. The molecule has 1 aliphatic heterocycles. The predicted molar refractivity (Wildman–Crippen MR) is 47.3 cm³/mol. The summed E-state index contributed by atoms with van der Waals surface area (Å²) >= 11 is 0. The van der Waals surface area contributed by atoms with Gasteiger partial charge in [-0.3, -0.25) is 4.90 Å². The van der Waals surface area contributed by atoms with Crippen molar-refractivity contribution in [3.05, 3.63) is 7.05 Å². The summed E-state index contributed by atoms with van der Waals surface area (Å²) in [5.74, 6) is 0. The number of piperidine rings is 1. The molecule has 0 unspecified atom stereocenters. The Balaban J connectivity index is 2.52. The molecule has 12 heavy (non-hydrogen) atoms. The van der Waals surface area contributed by atoms with E-state index in [0.29, 0.717) is 0 Å². The second-order valence-corrected chi connectivity index (χ2v) is 4.23. The molecule has 0 aliphatic carbocycles. The van der Waals surface area contributed by atoms with E-state index in [0.717, 1.165) is 19.5 Å². The lowest BCUT2D eigenvalue weighted by Crippen LogP contribution is -2.85. The van der Waals surface area contributed by atoms with Crippen molar-refractivity contribution in [1.82, 2.24) is 4.90 Å². The second-order valence-electron chi connectivity index (χ2n) is 4.23. The summed E-state index contributed by atoms with van der Waals surface area (Å²) in [6.07, 6.45) is 2.33. The lowest BCUT2D eigenvalue weighted by atomic mass is 9.84. The van der Waals surface area contributed by atoms with E-state index >= 15 is 0 Å². The molecule has 0 atom stereocenters. The zero-order chi connectivity index (χ0) is 9.19. The molecule has 3 heteroatoms. The molecule has 0 spiro atoms. The van der Waals surface area contributed by atoms with Gasteiger partial charge in [-0.1, -0.05) is 13.8 Å². The first-order chi connectivity index (χ1) is 5.55. The minimum atomic E-state index is 0.0720. The highest BCUT2D eigenvalue weighted by Gasteiger charge is 2.29. The fourth-order valence-corrected chi connectivity index (χ4v) is 1.74. The summed E-state index contributed by atoms with van der Waals surface area (Å²) in [4.78, 5) is 13.1. The van der Waals surface area contributed by atoms with Crippen molar-refractivity contribution in [2.45, 2.75) is 26.7 Å². The fourth-order valence-electron chi connectivity index (χ4n) is 1.74. The molecule has 1 fully saturated rings. The molecule has 1 heterocycles. The number of primary amides is 1. The van der Waals surface area contributed by atoms with E-state index in [4.69, 9.17) is 0 Å². The predicted octanol–water partition coefficient (Wildman–Crippen LogP) is 0.583. The monoisotopic (exact) mass is 170 g/mol. The van der Waals surface area contributed by atoms with Crippen LogP contribution in [0, 0.1) is 12.5 Å². The standard InChI is InChI=1S/C9H18N2O/c1-9(2)5-4-6-11(7-9)8(12)10-3/h3-7,10H2,1-2H3. The molecule has 0 bridgehead atoms. The second kappa shape index (κ2) is 3.44. The minimum absolute atomic E-state index is 0.0720. The number of nitrogens with two attached hydrogens (primary N) is 1. The SMILES string of the molecule is [CH2-][NH2+]C(=O)N1CCCC(C)(C)C1. The topological polar surface area (TPSA) is 36.9 Å². The van der Waals surface area contributed by atoms with Gasteiger partial charge in [-0.2, -0.15) is 0 Å². The molecule has 0 saturated carbocycles. The third kappa shape index (κ3) is 2.21. The number of carbonyl (C=O) groups excluding carboxylic acids is 1. The van der Waals surface area contributed by atoms with Crippen molar-refractivity contribution in [3.63, 3.8) is 0 Å². The molecule has 3 nitrogen and oxygen atoms in total. The molecule has 1 aliphatic rings. The van der Waals surface area contributed by atoms with Gasteiger partial charge < -0.3 is 5.32 Å². The summed E-state index contributed by atoms with van der Waals surface area (Å²) < 4.78 is 0. The van der Waals surface area contributed by atoms with Crippen LogP contribution in [0.4, 0.5) is 4.79 Å². The maximum atomic E-state index is 11.3. The van der Waals surface area contributed by atoms with Crippen LogP contribution >= 0.6 is 0 Å². The molecular weight excluding hydrogens is 152 g/mol. The highest BCUT2D eigenvalue weighted by molar-refractivity contribution is 5.63. The van der Waals surface area contributed by atoms with Crippen molar-refractivity contribution in [2.75, 3.05) is 13.1 Å². The Morgan fingerprint density at radius 2 is 2.25 bits per heavy atom. The number of urea groups is 1. The summed E-state index contributed by atoms with van der Waals surface area (Å²) in [6.45, 7) is 6.18. The Labute approximate surface area is 74.1 Å². The minimum Gasteiger partial charge on any atom is -0.395 e. The Morgan fingerprint density at radius 3 is 2.75 bits per heavy atom. The van der Waals surface area contributed by atoms with E-state index < -0.39 is 0 Å². The van der Waals surface area contributed by atoms with E-state index in [1.54, 1.807) is 0 Å². The normalized spacial score (nSPS) is 22.4. The first kappa shape index (κ1) is 9.52. The molecule has 2 amide bonds. The van der Waals surface area contributed by atoms with E-state index in [1.165, 1.54) is 11.7 Å². The van der Waals surface area contributed by atoms with Gasteiger partial charge in [-0.05, 0) is 18.3 Å². The number of quaternary nitrogens is 1. The van der Waals surface area contributed by atoms with Gasteiger partial charge in [0.25, 0.3) is 0 Å². The van der Waals surface area contributed by atoms with Crippen molar-refractivity contribution >= 4 is 6.03 Å². The molecular formula is C9H18N2O. The highest BCUT2D eigenvalue weighted by atomic mass is 16.2. The van der Waals surface area contributed by atoms with E-state index in [2.05, 4.69) is 20.9 Å². The molecule has 1 rings (SSSR count). The summed E-state index contributed by atoms with van der Waals surface area (Å²) in [7, 11) is 3.49. The molecule has 70 valence electrons. The number of likely N-dealkylation sites (tertiary alicyclic amines) is 1. The fraction of sp³-hybridized carbons (Fsp3) is 0.778. The molecule has 2 N–H and O–H groups in total. The Kier molecular flexibility index (Phi) is 2.73. The Hall–Kier alpha value is -0.570. The van der Waals surface area contributed by atoms with Crippen molar-refractivity contribution < 1.29 is 10.1 Å². The van der Waals surface area contributed by atoms with Crippen LogP contribution in [0.2, 0.25) is 0 Å². The van der Waals surface area contributed by atoms with Gasteiger partial charge in [0.05, 0.1) is 0 Å². The zero-order valence-electron chi connectivity index (χ0n) is 7.97. The molecule has 0 aromatic heterocycles. The number of rotatable bonds is 0. The van der Waals surface area contributed by atoms with E-state index in [1.807, 2.05) is 4.90 Å². The van der Waals surface area contributed by atoms with Crippen LogP contribution in [0.5, 0.6) is 0 Å².